The highest BCUT2D eigenvalue weighted by atomic mass is 16.2. The molecule has 0 aromatic carbocycles. The van der Waals surface area contributed by atoms with Crippen molar-refractivity contribution in [3.8, 4) is 0 Å². The Kier molecular flexibility index (Phi) is 5.57. The highest BCUT2D eigenvalue weighted by Crippen LogP contribution is 2.17. The molecule has 0 spiro atoms. The molecule has 1 fully saturated rings. The number of amides is 1. The molecule has 1 aromatic rings. The molecule has 1 aliphatic heterocycles. The molecule has 6 heteroatoms. The number of nitrogens with one attached hydrogen (secondary N) is 1. The molecular weight excluding hydrogens is 278 g/mol. The zero-order valence-electron chi connectivity index (χ0n) is 14.1. The van der Waals surface area contributed by atoms with E-state index >= 15 is 0 Å². The number of rotatable bonds is 5. The summed E-state index contributed by atoms with van der Waals surface area (Å²) in [6.45, 7) is 12.1. The largest absolute Gasteiger partial charge is 0.354 e. The van der Waals surface area contributed by atoms with Crippen molar-refractivity contribution >= 4 is 17.7 Å². The lowest BCUT2D eigenvalue weighted by molar-refractivity contribution is -0.129. The quantitative estimate of drug-likeness (QED) is 0.900. The van der Waals surface area contributed by atoms with Crippen LogP contribution in [0.15, 0.2) is 6.07 Å². The first-order chi connectivity index (χ1) is 10.5. The van der Waals surface area contributed by atoms with Gasteiger partial charge in [-0.2, -0.15) is 4.98 Å². The van der Waals surface area contributed by atoms with Crippen LogP contribution in [0.3, 0.4) is 0 Å². The summed E-state index contributed by atoms with van der Waals surface area (Å²) in [5, 5.41) is 3.31. The Hall–Kier alpha value is -1.85. The molecule has 0 unspecified atom stereocenters. The Morgan fingerprint density at radius 1 is 1.27 bits per heavy atom. The summed E-state index contributed by atoms with van der Waals surface area (Å²) in [5.41, 5.74) is 0.964. The number of hydrogen-bond donors (Lipinski definition) is 1. The minimum absolute atomic E-state index is 0.148. The Bertz CT molecular complexity index is 509. The normalized spacial score (nSPS) is 15.3. The van der Waals surface area contributed by atoms with Crippen molar-refractivity contribution in [3.05, 3.63) is 11.8 Å². The van der Waals surface area contributed by atoms with Crippen LogP contribution in [0.5, 0.6) is 0 Å². The Labute approximate surface area is 132 Å². The van der Waals surface area contributed by atoms with E-state index in [0.29, 0.717) is 11.9 Å². The lowest BCUT2D eigenvalue weighted by Crippen LogP contribution is -2.48. The molecule has 0 saturated carbocycles. The van der Waals surface area contributed by atoms with E-state index in [9.17, 15) is 4.79 Å². The van der Waals surface area contributed by atoms with Gasteiger partial charge in [-0.3, -0.25) is 4.79 Å². The zero-order chi connectivity index (χ0) is 16.1. The van der Waals surface area contributed by atoms with Crippen molar-refractivity contribution in [1.29, 1.82) is 0 Å². The van der Waals surface area contributed by atoms with E-state index in [1.807, 2.05) is 17.9 Å². The molecule has 0 atom stereocenters. The van der Waals surface area contributed by atoms with Crippen LogP contribution in [0, 0.1) is 12.8 Å². The molecule has 22 heavy (non-hydrogen) atoms. The third kappa shape index (κ3) is 4.58. The molecule has 2 heterocycles. The molecule has 0 bridgehead atoms. The van der Waals surface area contributed by atoms with Gasteiger partial charge in [-0.15, -0.1) is 0 Å². The van der Waals surface area contributed by atoms with Gasteiger partial charge in [0, 0.05) is 51.4 Å². The molecule has 1 aliphatic rings. The minimum atomic E-state index is 0.148. The molecule has 1 aromatic heterocycles. The summed E-state index contributed by atoms with van der Waals surface area (Å²) in [6.07, 6.45) is 1.10. The summed E-state index contributed by atoms with van der Waals surface area (Å²) in [7, 11) is 0. The van der Waals surface area contributed by atoms with Crippen LogP contribution >= 0.6 is 0 Å². The van der Waals surface area contributed by atoms with E-state index in [-0.39, 0.29) is 5.91 Å². The third-order valence-electron chi connectivity index (χ3n) is 3.89. The number of piperazine rings is 1. The number of aromatic nitrogens is 2. The van der Waals surface area contributed by atoms with Gasteiger partial charge in [0.25, 0.3) is 0 Å². The van der Waals surface area contributed by atoms with Crippen LogP contribution in [-0.4, -0.2) is 53.5 Å². The topological polar surface area (TPSA) is 61.4 Å². The van der Waals surface area contributed by atoms with E-state index < -0.39 is 0 Å². The van der Waals surface area contributed by atoms with Gasteiger partial charge in [-0.25, -0.2) is 4.98 Å². The lowest BCUT2D eigenvalue weighted by atomic mass is 10.1. The van der Waals surface area contributed by atoms with Gasteiger partial charge in [0.15, 0.2) is 0 Å². The molecule has 6 nitrogen and oxygen atoms in total. The highest BCUT2D eigenvalue weighted by molar-refractivity contribution is 5.73. The van der Waals surface area contributed by atoms with Gasteiger partial charge < -0.3 is 15.1 Å². The molecule has 122 valence electrons. The molecule has 1 N–H and O–H groups in total. The fraction of sp³-hybridized carbons (Fsp3) is 0.688. The summed E-state index contributed by atoms with van der Waals surface area (Å²) in [6, 6.07) is 2.01. The molecular formula is C16H27N5O. The van der Waals surface area contributed by atoms with E-state index in [1.54, 1.807) is 6.92 Å². The van der Waals surface area contributed by atoms with Gasteiger partial charge in [-0.1, -0.05) is 13.8 Å². The van der Waals surface area contributed by atoms with Gasteiger partial charge >= 0.3 is 0 Å². The SMILES string of the molecule is CC(=O)N1CCN(c2cc(C)nc(NCCC(C)C)n2)CC1. The first-order valence-electron chi connectivity index (χ1n) is 8.05. The second kappa shape index (κ2) is 7.42. The van der Waals surface area contributed by atoms with Gasteiger partial charge in [-0.05, 0) is 19.3 Å². The number of anilines is 2. The monoisotopic (exact) mass is 305 g/mol. The smallest absolute Gasteiger partial charge is 0.224 e. The summed E-state index contributed by atoms with van der Waals surface area (Å²) in [4.78, 5) is 24.6. The summed E-state index contributed by atoms with van der Waals surface area (Å²) >= 11 is 0. The van der Waals surface area contributed by atoms with Crippen molar-refractivity contribution in [3.63, 3.8) is 0 Å². The minimum Gasteiger partial charge on any atom is -0.354 e. The van der Waals surface area contributed by atoms with Gasteiger partial charge in [0.05, 0.1) is 0 Å². The van der Waals surface area contributed by atoms with Crippen LogP contribution in [0.4, 0.5) is 11.8 Å². The Morgan fingerprint density at radius 2 is 1.95 bits per heavy atom. The van der Waals surface area contributed by atoms with Crippen molar-refractivity contribution < 1.29 is 4.79 Å². The first-order valence-corrected chi connectivity index (χ1v) is 8.05. The van der Waals surface area contributed by atoms with E-state index in [0.717, 1.165) is 50.7 Å². The van der Waals surface area contributed by atoms with Crippen LogP contribution in [0.25, 0.3) is 0 Å². The van der Waals surface area contributed by atoms with Crippen molar-refractivity contribution in [2.45, 2.75) is 34.1 Å². The molecule has 1 amide bonds. The van der Waals surface area contributed by atoms with Crippen LogP contribution in [0.1, 0.15) is 32.9 Å². The number of aryl methyl sites for hydroxylation is 1. The fourth-order valence-electron chi connectivity index (χ4n) is 2.52. The van der Waals surface area contributed by atoms with Crippen LogP contribution < -0.4 is 10.2 Å². The molecule has 0 aliphatic carbocycles. The van der Waals surface area contributed by atoms with Crippen molar-refractivity contribution in [2.24, 2.45) is 5.92 Å². The second-order valence-electron chi connectivity index (χ2n) is 6.29. The Balaban J connectivity index is 1.99. The maximum Gasteiger partial charge on any atom is 0.224 e. The number of carbonyl (C=O) groups is 1. The number of carbonyl (C=O) groups excluding carboxylic acids is 1. The predicted molar refractivity (Wildman–Crippen MR) is 89.2 cm³/mol. The van der Waals surface area contributed by atoms with Crippen LogP contribution in [0.2, 0.25) is 0 Å². The Morgan fingerprint density at radius 3 is 2.55 bits per heavy atom. The van der Waals surface area contributed by atoms with Crippen molar-refractivity contribution in [1.82, 2.24) is 14.9 Å². The van der Waals surface area contributed by atoms with Crippen molar-refractivity contribution in [2.75, 3.05) is 42.9 Å². The maximum atomic E-state index is 11.4. The average molecular weight is 305 g/mol. The summed E-state index contributed by atoms with van der Waals surface area (Å²) < 4.78 is 0. The van der Waals surface area contributed by atoms with E-state index in [4.69, 9.17) is 0 Å². The van der Waals surface area contributed by atoms with Gasteiger partial charge in [0.1, 0.15) is 5.82 Å². The van der Waals surface area contributed by atoms with Crippen LogP contribution in [-0.2, 0) is 4.79 Å². The average Bonchev–Trinajstić information content (AvgIpc) is 2.46. The first kappa shape index (κ1) is 16.5. The van der Waals surface area contributed by atoms with Gasteiger partial charge in [0.2, 0.25) is 11.9 Å². The lowest BCUT2D eigenvalue weighted by Gasteiger charge is -2.35. The molecule has 2 rings (SSSR count). The number of nitrogens with zero attached hydrogens (tertiary/aromatic N) is 4. The maximum absolute atomic E-state index is 11.4. The predicted octanol–water partition coefficient (Wildman–Crippen LogP) is 1.91. The molecule has 1 saturated heterocycles. The second-order valence-corrected chi connectivity index (χ2v) is 6.29. The highest BCUT2D eigenvalue weighted by Gasteiger charge is 2.20. The van der Waals surface area contributed by atoms with E-state index in [1.165, 1.54) is 0 Å². The summed E-state index contributed by atoms with van der Waals surface area (Å²) in [5.74, 6) is 2.46. The zero-order valence-corrected chi connectivity index (χ0v) is 14.1. The fourth-order valence-corrected chi connectivity index (χ4v) is 2.52. The molecule has 0 radical (unpaired) electrons. The standard InChI is InChI=1S/C16H27N5O/c1-12(2)5-6-17-16-18-13(3)11-15(19-16)21-9-7-20(8-10-21)14(4)22/h11-12H,5-10H2,1-4H3,(H,17,18,19). The number of hydrogen-bond acceptors (Lipinski definition) is 5. The third-order valence-corrected chi connectivity index (χ3v) is 3.89. The van der Waals surface area contributed by atoms with E-state index in [2.05, 4.69) is 34.0 Å².